The number of carbonyl (C=O) groups is 1. The van der Waals surface area contributed by atoms with E-state index >= 15 is 0 Å². The highest BCUT2D eigenvalue weighted by molar-refractivity contribution is 6.07. The van der Waals surface area contributed by atoms with E-state index in [-0.39, 0.29) is 24.4 Å². The van der Waals surface area contributed by atoms with Crippen molar-refractivity contribution in [3.8, 4) is 11.1 Å². The molecule has 0 saturated heterocycles. The third-order valence-corrected chi connectivity index (χ3v) is 5.50. The lowest BCUT2D eigenvalue weighted by molar-refractivity contribution is -0.132. The van der Waals surface area contributed by atoms with Crippen LogP contribution in [0, 0.1) is 12.8 Å². The Kier molecular flexibility index (Phi) is 4.48. The van der Waals surface area contributed by atoms with Gasteiger partial charge in [-0.2, -0.15) is 0 Å². The fourth-order valence-corrected chi connectivity index (χ4v) is 3.99. The van der Waals surface area contributed by atoms with Gasteiger partial charge in [0.15, 0.2) is 11.5 Å². The Morgan fingerprint density at radius 1 is 1.19 bits per heavy atom. The number of nitrogens with zero attached hydrogens (tertiary/aromatic N) is 2. The van der Waals surface area contributed by atoms with Gasteiger partial charge < -0.3 is 10.8 Å². The van der Waals surface area contributed by atoms with Crippen molar-refractivity contribution in [2.24, 2.45) is 16.6 Å². The maximum absolute atomic E-state index is 13.4. The standard InChI is InChI=1S/C22H25N3O2/c1-15-5-2-6-16(13-15)17-7-3-8-19(14-17)22(18-9-10-18)20(27)25(11-4-12-26)21(23)24-22/h2-3,5-8,13-14,18,26H,4,9-12H2,1H3,(H2,23,24). The van der Waals surface area contributed by atoms with Crippen molar-refractivity contribution in [1.29, 1.82) is 0 Å². The van der Waals surface area contributed by atoms with E-state index in [0.717, 1.165) is 29.5 Å². The highest BCUT2D eigenvalue weighted by atomic mass is 16.3. The summed E-state index contributed by atoms with van der Waals surface area (Å²) in [5.74, 6) is 0.397. The lowest BCUT2D eigenvalue weighted by Crippen LogP contribution is -2.44. The molecule has 2 aromatic rings. The minimum Gasteiger partial charge on any atom is -0.396 e. The molecule has 1 unspecified atom stereocenters. The van der Waals surface area contributed by atoms with Gasteiger partial charge >= 0.3 is 0 Å². The molecule has 1 saturated carbocycles. The Hall–Kier alpha value is -2.66. The molecule has 3 N–H and O–H groups in total. The molecule has 0 aromatic heterocycles. The van der Waals surface area contributed by atoms with Gasteiger partial charge in [0.25, 0.3) is 5.91 Å². The van der Waals surface area contributed by atoms with Crippen LogP contribution in [0.15, 0.2) is 53.5 Å². The Morgan fingerprint density at radius 2 is 1.89 bits per heavy atom. The van der Waals surface area contributed by atoms with Gasteiger partial charge in [0.2, 0.25) is 0 Å². The first-order valence-electron chi connectivity index (χ1n) is 9.52. The molecule has 2 aliphatic rings. The van der Waals surface area contributed by atoms with Crippen LogP contribution in [-0.4, -0.2) is 35.0 Å². The van der Waals surface area contributed by atoms with Crippen molar-refractivity contribution < 1.29 is 9.90 Å². The summed E-state index contributed by atoms with van der Waals surface area (Å²) in [7, 11) is 0. The molecule has 1 fully saturated rings. The molecule has 0 bridgehead atoms. The minimum absolute atomic E-state index is 0.0241. The van der Waals surface area contributed by atoms with Crippen LogP contribution in [-0.2, 0) is 10.3 Å². The number of rotatable bonds is 6. The van der Waals surface area contributed by atoms with Crippen molar-refractivity contribution in [3.63, 3.8) is 0 Å². The Bertz CT molecular complexity index is 904. The van der Waals surface area contributed by atoms with E-state index in [2.05, 4.69) is 37.3 Å². The first-order chi connectivity index (χ1) is 13.1. The predicted molar refractivity (Wildman–Crippen MR) is 106 cm³/mol. The molecule has 1 amide bonds. The van der Waals surface area contributed by atoms with Crippen molar-refractivity contribution in [1.82, 2.24) is 4.90 Å². The zero-order valence-electron chi connectivity index (χ0n) is 15.6. The fourth-order valence-electron chi connectivity index (χ4n) is 3.99. The van der Waals surface area contributed by atoms with Crippen molar-refractivity contribution in [2.45, 2.75) is 31.7 Å². The number of aryl methyl sites for hydroxylation is 1. The van der Waals surface area contributed by atoms with Crippen molar-refractivity contribution in [2.75, 3.05) is 13.2 Å². The largest absolute Gasteiger partial charge is 0.396 e. The summed E-state index contributed by atoms with van der Waals surface area (Å²) in [5.41, 5.74) is 9.52. The normalized spacial score (nSPS) is 22.2. The maximum Gasteiger partial charge on any atom is 0.262 e. The lowest BCUT2D eigenvalue weighted by Gasteiger charge is -2.27. The van der Waals surface area contributed by atoms with Crippen LogP contribution in [0.1, 0.15) is 30.4 Å². The van der Waals surface area contributed by atoms with Crippen LogP contribution in [0.4, 0.5) is 0 Å². The van der Waals surface area contributed by atoms with Crippen LogP contribution in [0.3, 0.4) is 0 Å². The second-order valence-corrected chi connectivity index (χ2v) is 7.49. The van der Waals surface area contributed by atoms with Crippen LogP contribution in [0.25, 0.3) is 11.1 Å². The molecule has 5 nitrogen and oxygen atoms in total. The van der Waals surface area contributed by atoms with Gasteiger partial charge in [-0.25, -0.2) is 4.99 Å². The number of aliphatic hydroxyl groups is 1. The van der Waals surface area contributed by atoms with Gasteiger partial charge in [0.05, 0.1) is 0 Å². The van der Waals surface area contributed by atoms with Crippen LogP contribution in [0.5, 0.6) is 0 Å². The Balaban J connectivity index is 1.76. The first-order valence-corrected chi connectivity index (χ1v) is 9.52. The molecular weight excluding hydrogens is 338 g/mol. The van der Waals surface area contributed by atoms with Crippen molar-refractivity contribution in [3.05, 3.63) is 59.7 Å². The van der Waals surface area contributed by atoms with E-state index in [1.807, 2.05) is 18.2 Å². The third kappa shape index (κ3) is 3.02. The zero-order valence-corrected chi connectivity index (χ0v) is 15.6. The Morgan fingerprint density at radius 3 is 2.56 bits per heavy atom. The number of carbonyl (C=O) groups excluding carboxylic acids is 1. The molecule has 140 valence electrons. The molecule has 1 atom stereocenters. The summed E-state index contributed by atoms with van der Waals surface area (Å²) < 4.78 is 0. The molecule has 4 rings (SSSR count). The van der Waals surface area contributed by atoms with Gasteiger partial charge in [-0.05, 0) is 54.9 Å². The first kappa shape index (κ1) is 17.7. The second-order valence-electron chi connectivity index (χ2n) is 7.49. The van der Waals surface area contributed by atoms with E-state index in [1.165, 1.54) is 10.5 Å². The summed E-state index contributed by atoms with van der Waals surface area (Å²) in [6.45, 7) is 2.50. The number of nitrogens with two attached hydrogens (primary N) is 1. The van der Waals surface area contributed by atoms with E-state index in [9.17, 15) is 4.79 Å². The van der Waals surface area contributed by atoms with Gasteiger partial charge in [-0.3, -0.25) is 9.69 Å². The molecule has 1 aliphatic heterocycles. The van der Waals surface area contributed by atoms with E-state index in [1.54, 1.807) is 0 Å². The Labute approximate surface area is 159 Å². The molecule has 0 spiro atoms. The van der Waals surface area contributed by atoms with Crippen LogP contribution >= 0.6 is 0 Å². The number of benzene rings is 2. The predicted octanol–water partition coefficient (Wildman–Crippen LogP) is 2.81. The molecule has 5 heteroatoms. The molecule has 1 heterocycles. The fraction of sp³-hybridized carbons (Fsp3) is 0.364. The molecule has 0 radical (unpaired) electrons. The van der Waals surface area contributed by atoms with Crippen LogP contribution < -0.4 is 5.73 Å². The van der Waals surface area contributed by atoms with E-state index in [4.69, 9.17) is 15.8 Å². The molecule has 27 heavy (non-hydrogen) atoms. The summed E-state index contributed by atoms with van der Waals surface area (Å²) >= 11 is 0. The van der Waals surface area contributed by atoms with Gasteiger partial charge in [0.1, 0.15) is 0 Å². The molecule has 1 aliphatic carbocycles. The van der Waals surface area contributed by atoms with E-state index < -0.39 is 5.54 Å². The number of aliphatic imine (C=N–C) groups is 1. The highest BCUT2D eigenvalue weighted by Gasteiger charge is 2.57. The SMILES string of the molecule is Cc1cccc(-c2cccc(C3(C4CC4)N=C(N)N(CCCO)C3=O)c2)c1. The topological polar surface area (TPSA) is 78.9 Å². The lowest BCUT2D eigenvalue weighted by atomic mass is 9.83. The number of aliphatic hydroxyl groups excluding tert-OH is 1. The molecular formula is C22H25N3O2. The smallest absolute Gasteiger partial charge is 0.262 e. The zero-order chi connectivity index (χ0) is 19.0. The minimum atomic E-state index is -0.917. The average Bonchev–Trinajstić information content (AvgIpc) is 3.48. The summed E-state index contributed by atoms with van der Waals surface area (Å²) in [6.07, 6.45) is 2.45. The van der Waals surface area contributed by atoms with Gasteiger partial charge in [-0.1, -0.05) is 48.0 Å². The monoisotopic (exact) mass is 363 g/mol. The third-order valence-electron chi connectivity index (χ3n) is 5.50. The van der Waals surface area contributed by atoms with Gasteiger partial charge in [-0.15, -0.1) is 0 Å². The summed E-state index contributed by atoms with van der Waals surface area (Å²) in [6, 6.07) is 16.5. The number of amides is 1. The number of guanidine groups is 1. The average molecular weight is 363 g/mol. The maximum atomic E-state index is 13.4. The van der Waals surface area contributed by atoms with Gasteiger partial charge in [0, 0.05) is 13.2 Å². The summed E-state index contributed by atoms with van der Waals surface area (Å²) in [4.78, 5) is 19.6. The second kappa shape index (κ2) is 6.82. The van der Waals surface area contributed by atoms with Crippen molar-refractivity contribution >= 4 is 11.9 Å². The number of hydrogen-bond acceptors (Lipinski definition) is 4. The quantitative estimate of drug-likeness (QED) is 0.828. The molecule has 2 aromatic carbocycles. The van der Waals surface area contributed by atoms with Crippen LogP contribution in [0.2, 0.25) is 0 Å². The summed E-state index contributed by atoms with van der Waals surface area (Å²) in [5, 5.41) is 9.13. The van der Waals surface area contributed by atoms with E-state index in [0.29, 0.717) is 13.0 Å². The highest BCUT2D eigenvalue weighted by Crippen LogP contribution is 2.52. The number of hydrogen-bond donors (Lipinski definition) is 2.